The van der Waals surface area contributed by atoms with E-state index in [1.165, 1.54) is 23.2 Å². The summed E-state index contributed by atoms with van der Waals surface area (Å²) in [7, 11) is 0. The van der Waals surface area contributed by atoms with Gasteiger partial charge in [-0.25, -0.2) is 4.99 Å². The van der Waals surface area contributed by atoms with E-state index in [0.717, 1.165) is 43.0 Å². The molecule has 12 nitrogen and oxygen atoms in total. The molecular weight excluding hydrogens is 600 g/mol. The number of hydrogen-bond donors (Lipinski definition) is 0. The van der Waals surface area contributed by atoms with E-state index in [1.54, 1.807) is 18.2 Å². The second kappa shape index (κ2) is 14.0. The Balaban J connectivity index is 1.78. The van der Waals surface area contributed by atoms with Gasteiger partial charge >= 0.3 is 23.9 Å². The monoisotopic (exact) mass is 630 g/mol. The van der Waals surface area contributed by atoms with E-state index in [2.05, 4.69) is 4.99 Å². The van der Waals surface area contributed by atoms with Crippen molar-refractivity contribution in [2.24, 2.45) is 4.99 Å². The molecule has 14 heteroatoms. The molecule has 1 amide bonds. The number of nitrogens with zero attached hydrogens (tertiary/aromatic N) is 2. The van der Waals surface area contributed by atoms with E-state index in [9.17, 15) is 24.0 Å². The third-order valence-corrected chi connectivity index (χ3v) is 8.00. The molecule has 3 heterocycles. The molecule has 1 fully saturated rings. The van der Waals surface area contributed by atoms with Crippen LogP contribution in [0.15, 0.2) is 52.5 Å². The lowest BCUT2D eigenvalue weighted by Crippen LogP contribution is -2.61. The number of esters is 4. The number of amides is 1. The second-order valence-electron chi connectivity index (χ2n) is 9.60. The number of rotatable bonds is 8. The Labute approximate surface area is 256 Å². The number of hydrogen-bond acceptors (Lipinski definition) is 13. The van der Waals surface area contributed by atoms with E-state index in [-0.39, 0.29) is 17.5 Å². The van der Waals surface area contributed by atoms with E-state index < -0.39 is 59.6 Å². The minimum Gasteiger partial charge on any atom is -0.463 e. The molecule has 1 saturated heterocycles. The molecule has 2 aliphatic heterocycles. The predicted molar refractivity (Wildman–Crippen MR) is 158 cm³/mol. The minimum absolute atomic E-state index is 0.164. The van der Waals surface area contributed by atoms with Crippen LogP contribution in [-0.4, -0.2) is 71.4 Å². The Bertz CT molecular complexity index is 1450. The summed E-state index contributed by atoms with van der Waals surface area (Å²) in [6, 6.07) is 11.0. The summed E-state index contributed by atoms with van der Waals surface area (Å²) < 4.78 is 27.9. The molecule has 0 aliphatic carbocycles. The summed E-state index contributed by atoms with van der Waals surface area (Å²) in [6.07, 6.45) is -3.42. The number of benzene rings is 1. The molecule has 0 N–H and O–H groups in total. The first-order valence-corrected chi connectivity index (χ1v) is 14.9. The molecule has 0 bridgehead atoms. The number of carbonyl (C=O) groups is 5. The summed E-state index contributed by atoms with van der Waals surface area (Å²) in [6.45, 7) is 6.17. The van der Waals surface area contributed by atoms with Crippen LogP contribution in [0.25, 0.3) is 6.08 Å². The van der Waals surface area contributed by atoms with E-state index in [0.29, 0.717) is 5.69 Å². The van der Waals surface area contributed by atoms with Crippen molar-refractivity contribution in [3.8, 4) is 0 Å². The molecule has 43 heavy (non-hydrogen) atoms. The fourth-order valence-corrected chi connectivity index (χ4v) is 6.31. The van der Waals surface area contributed by atoms with Gasteiger partial charge < -0.3 is 23.7 Å². The number of carbonyl (C=O) groups excluding carboxylic acids is 5. The third-order valence-electron chi connectivity index (χ3n) is 6.08. The smallest absolute Gasteiger partial charge is 0.303 e. The normalized spacial score (nSPS) is 24.3. The predicted octanol–water partition coefficient (Wildman–Crippen LogP) is 3.62. The Morgan fingerprint density at radius 1 is 0.953 bits per heavy atom. The Kier molecular flexibility index (Phi) is 10.4. The van der Waals surface area contributed by atoms with Crippen LogP contribution >= 0.6 is 23.1 Å². The lowest BCUT2D eigenvalue weighted by atomic mass is 9.99. The standard InChI is InChI=1S/C29H30N2O10S2/c1-15-8-6-9-20(12-15)31-27(36)22(13-21-10-7-11-42-21)30-29(31)43-28-26(40-19(5)35)25(39-18(4)34)24(38-17(3)33)23(41-28)14-37-16(2)32/h6-13,23-26,28H,14H2,1-5H3/b22-13-/t23-,24-,25+,26-,28+/m1/s1. The maximum atomic E-state index is 13.7. The number of amidine groups is 1. The summed E-state index contributed by atoms with van der Waals surface area (Å²) >= 11 is 2.38. The van der Waals surface area contributed by atoms with E-state index >= 15 is 0 Å². The molecule has 4 rings (SSSR count). The van der Waals surface area contributed by atoms with Crippen molar-refractivity contribution < 1.29 is 47.7 Å². The number of thioether (sulfide) groups is 1. The molecule has 228 valence electrons. The van der Waals surface area contributed by atoms with Crippen LogP contribution in [0, 0.1) is 6.92 Å². The van der Waals surface area contributed by atoms with Crippen LogP contribution in [0.3, 0.4) is 0 Å². The fraction of sp³-hybridized carbons (Fsp3) is 0.379. The molecule has 1 aromatic heterocycles. The average molecular weight is 631 g/mol. The molecule has 2 aliphatic rings. The van der Waals surface area contributed by atoms with Gasteiger partial charge in [0.2, 0.25) is 0 Å². The second-order valence-corrected chi connectivity index (χ2v) is 11.6. The largest absolute Gasteiger partial charge is 0.463 e. The lowest BCUT2D eigenvalue weighted by molar-refractivity contribution is -0.237. The van der Waals surface area contributed by atoms with Crippen LogP contribution in [0.2, 0.25) is 0 Å². The highest BCUT2D eigenvalue weighted by Gasteiger charge is 2.53. The van der Waals surface area contributed by atoms with E-state index in [1.807, 2.05) is 36.6 Å². The molecule has 0 saturated carbocycles. The van der Waals surface area contributed by atoms with Gasteiger partial charge in [-0.15, -0.1) is 11.3 Å². The highest BCUT2D eigenvalue weighted by atomic mass is 32.2. The number of anilines is 1. The first-order valence-electron chi connectivity index (χ1n) is 13.1. The van der Waals surface area contributed by atoms with Crippen molar-refractivity contribution >= 4 is 69.8 Å². The number of aliphatic imine (C=N–C) groups is 1. The van der Waals surface area contributed by atoms with Gasteiger partial charge in [-0.2, -0.15) is 0 Å². The maximum absolute atomic E-state index is 13.7. The zero-order valence-corrected chi connectivity index (χ0v) is 25.6. The summed E-state index contributed by atoms with van der Waals surface area (Å²) in [4.78, 5) is 68.7. The Morgan fingerprint density at radius 2 is 1.63 bits per heavy atom. The molecule has 5 atom stereocenters. The quantitative estimate of drug-likeness (QED) is 0.239. The summed E-state index contributed by atoms with van der Waals surface area (Å²) in [5, 5.41) is 2.07. The highest BCUT2D eigenvalue weighted by molar-refractivity contribution is 8.14. The molecular formula is C29H30N2O10S2. The highest BCUT2D eigenvalue weighted by Crippen LogP contribution is 2.39. The van der Waals surface area contributed by atoms with Crippen molar-refractivity contribution in [2.75, 3.05) is 11.5 Å². The van der Waals surface area contributed by atoms with Gasteiger partial charge in [-0.05, 0) is 42.1 Å². The number of aryl methyl sites for hydroxylation is 1. The van der Waals surface area contributed by atoms with Crippen molar-refractivity contribution in [1.82, 2.24) is 0 Å². The average Bonchev–Trinajstić information content (AvgIpc) is 3.53. The Morgan fingerprint density at radius 3 is 2.23 bits per heavy atom. The zero-order chi connectivity index (χ0) is 31.3. The molecule has 0 radical (unpaired) electrons. The van der Waals surface area contributed by atoms with Gasteiger partial charge in [0.25, 0.3) is 5.91 Å². The van der Waals surface area contributed by atoms with Crippen molar-refractivity contribution in [2.45, 2.75) is 64.5 Å². The SMILES string of the molecule is CC(=O)OC[C@H]1O[C@@H](SC2=N/C(=C\c3cccs3)C(=O)N2c2cccc(C)c2)[C@H](OC(C)=O)[C@@H](OC(C)=O)[C@@H]1OC(C)=O. The number of ether oxygens (including phenoxy) is 5. The molecule has 0 spiro atoms. The van der Waals surface area contributed by atoms with Gasteiger partial charge in [0, 0.05) is 32.6 Å². The van der Waals surface area contributed by atoms with Gasteiger partial charge in [-0.1, -0.05) is 30.0 Å². The molecule has 2 aromatic rings. The summed E-state index contributed by atoms with van der Waals surface area (Å²) in [5.41, 5.74) is 0.451. The topological polar surface area (TPSA) is 147 Å². The van der Waals surface area contributed by atoms with E-state index in [4.69, 9.17) is 23.7 Å². The number of thiophene rings is 1. The van der Waals surface area contributed by atoms with Crippen LogP contribution in [0.4, 0.5) is 5.69 Å². The maximum Gasteiger partial charge on any atom is 0.303 e. The van der Waals surface area contributed by atoms with Crippen LogP contribution in [0.5, 0.6) is 0 Å². The van der Waals surface area contributed by atoms with Crippen LogP contribution in [-0.2, 0) is 47.7 Å². The fourth-order valence-electron chi connectivity index (χ4n) is 4.47. The summed E-state index contributed by atoms with van der Waals surface area (Å²) in [5.74, 6) is -3.22. The zero-order valence-electron chi connectivity index (χ0n) is 24.0. The van der Waals surface area contributed by atoms with Gasteiger partial charge in [-0.3, -0.25) is 28.9 Å². The van der Waals surface area contributed by atoms with Gasteiger partial charge in [0.15, 0.2) is 28.9 Å². The van der Waals surface area contributed by atoms with Crippen LogP contribution < -0.4 is 4.90 Å². The Hall–Kier alpha value is -4.01. The lowest BCUT2D eigenvalue weighted by Gasteiger charge is -2.44. The van der Waals surface area contributed by atoms with Crippen molar-refractivity contribution in [1.29, 1.82) is 0 Å². The minimum atomic E-state index is -1.34. The van der Waals surface area contributed by atoms with Gasteiger partial charge in [0.05, 0.1) is 5.69 Å². The van der Waals surface area contributed by atoms with Crippen molar-refractivity contribution in [3.05, 3.63) is 57.9 Å². The molecule has 0 unspecified atom stereocenters. The first-order chi connectivity index (χ1) is 20.4. The van der Waals surface area contributed by atoms with Crippen molar-refractivity contribution in [3.63, 3.8) is 0 Å². The van der Waals surface area contributed by atoms with Gasteiger partial charge in [0.1, 0.15) is 18.4 Å². The molecule has 1 aromatic carbocycles. The van der Waals surface area contributed by atoms with Crippen LogP contribution in [0.1, 0.15) is 38.1 Å². The first kappa shape index (κ1) is 31.9. The third kappa shape index (κ3) is 8.09.